The fraction of sp³-hybridized carbons (Fsp3) is 0.400. The van der Waals surface area contributed by atoms with Crippen LogP contribution in [0.25, 0.3) is 0 Å². The lowest BCUT2D eigenvalue weighted by atomic mass is 10.1. The number of amides is 1. The first kappa shape index (κ1) is 18.4. The average Bonchev–Trinajstić information content (AvgIpc) is 2.68. The minimum atomic E-state index is 0.0419. The molecule has 2 aromatic rings. The molecule has 1 aliphatic rings. The van der Waals surface area contributed by atoms with Crippen LogP contribution in [0.15, 0.2) is 48.7 Å². The highest BCUT2D eigenvalue weighted by Gasteiger charge is 2.20. The third kappa shape index (κ3) is 5.03. The molecule has 26 heavy (non-hydrogen) atoms. The van der Waals surface area contributed by atoms with Gasteiger partial charge in [0, 0.05) is 44.6 Å². The molecule has 1 aliphatic heterocycles. The maximum Gasteiger partial charge on any atom is 0.238 e. The largest absolute Gasteiger partial charge is 0.354 e. The van der Waals surface area contributed by atoms with Crippen molar-refractivity contribution in [3.63, 3.8) is 0 Å². The highest BCUT2D eigenvalue weighted by Crippen LogP contribution is 2.16. The van der Waals surface area contributed by atoms with E-state index in [4.69, 9.17) is 0 Å². The number of carbonyl (C=O) groups is 1. The van der Waals surface area contributed by atoms with Gasteiger partial charge in [-0.25, -0.2) is 4.98 Å². The van der Waals surface area contributed by atoms with Crippen LogP contribution in [0.4, 0.5) is 11.5 Å². The molecule has 0 radical (unpaired) electrons. The fourth-order valence-electron chi connectivity index (χ4n) is 3.12. The summed E-state index contributed by atoms with van der Waals surface area (Å²) >= 11 is 0. The molecule has 6 nitrogen and oxygen atoms in total. The lowest BCUT2D eigenvalue weighted by Crippen LogP contribution is -2.48. The minimum absolute atomic E-state index is 0.0419. The molecule has 0 saturated carbocycles. The third-order valence-electron chi connectivity index (χ3n) is 4.57. The number of pyridine rings is 1. The molecule has 0 aliphatic carbocycles. The van der Waals surface area contributed by atoms with E-state index in [0.29, 0.717) is 6.54 Å². The normalized spacial score (nSPS) is 15.0. The van der Waals surface area contributed by atoms with Crippen LogP contribution in [-0.4, -0.2) is 55.1 Å². The number of piperazine rings is 1. The Bertz CT molecular complexity index is 698. The van der Waals surface area contributed by atoms with Gasteiger partial charge >= 0.3 is 0 Å². The van der Waals surface area contributed by atoms with Gasteiger partial charge in [0.25, 0.3) is 0 Å². The Balaban J connectivity index is 1.49. The van der Waals surface area contributed by atoms with Crippen LogP contribution in [0.5, 0.6) is 0 Å². The molecule has 1 amide bonds. The van der Waals surface area contributed by atoms with E-state index in [1.807, 2.05) is 48.7 Å². The Hall–Kier alpha value is -2.44. The van der Waals surface area contributed by atoms with E-state index in [9.17, 15) is 4.79 Å². The van der Waals surface area contributed by atoms with E-state index < -0.39 is 0 Å². The smallest absolute Gasteiger partial charge is 0.238 e. The summed E-state index contributed by atoms with van der Waals surface area (Å²) in [7, 11) is 0. The number of anilines is 2. The predicted octanol–water partition coefficient (Wildman–Crippen LogP) is 1.95. The second-order valence-electron chi connectivity index (χ2n) is 6.44. The van der Waals surface area contributed by atoms with Crippen LogP contribution in [0.3, 0.4) is 0 Å². The molecule has 2 N–H and O–H groups in total. The molecule has 0 spiro atoms. The summed E-state index contributed by atoms with van der Waals surface area (Å²) in [6, 6.07) is 13.9. The van der Waals surface area contributed by atoms with Gasteiger partial charge in [-0.3, -0.25) is 9.69 Å². The summed E-state index contributed by atoms with van der Waals surface area (Å²) in [6.45, 7) is 7.67. The lowest BCUT2D eigenvalue weighted by molar-refractivity contribution is -0.117. The standard InChI is InChI=1S/C20H27N5O/c1-2-21-15-17-7-3-4-8-18(17)23-20(26)16-24-11-13-25(14-12-24)19-9-5-6-10-22-19/h3-10,21H,2,11-16H2,1H3,(H,23,26). The predicted molar refractivity (Wildman–Crippen MR) is 105 cm³/mol. The Morgan fingerprint density at radius 3 is 2.58 bits per heavy atom. The molecule has 0 atom stereocenters. The first-order valence-corrected chi connectivity index (χ1v) is 9.23. The number of benzene rings is 1. The summed E-state index contributed by atoms with van der Waals surface area (Å²) in [5.41, 5.74) is 2.01. The van der Waals surface area contributed by atoms with Crippen molar-refractivity contribution >= 4 is 17.4 Å². The minimum Gasteiger partial charge on any atom is -0.354 e. The molecule has 1 aromatic carbocycles. The van der Waals surface area contributed by atoms with Crippen molar-refractivity contribution in [1.29, 1.82) is 0 Å². The summed E-state index contributed by atoms with van der Waals surface area (Å²) in [5, 5.41) is 6.37. The summed E-state index contributed by atoms with van der Waals surface area (Å²) < 4.78 is 0. The van der Waals surface area contributed by atoms with Gasteiger partial charge in [-0.05, 0) is 30.3 Å². The first-order chi connectivity index (χ1) is 12.8. The number of para-hydroxylation sites is 1. The van der Waals surface area contributed by atoms with Crippen molar-refractivity contribution in [2.45, 2.75) is 13.5 Å². The van der Waals surface area contributed by atoms with E-state index in [-0.39, 0.29) is 5.91 Å². The van der Waals surface area contributed by atoms with E-state index in [1.54, 1.807) is 0 Å². The zero-order valence-electron chi connectivity index (χ0n) is 15.3. The molecule has 3 rings (SSSR count). The zero-order valence-corrected chi connectivity index (χ0v) is 15.3. The molecule has 1 saturated heterocycles. The maximum absolute atomic E-state index is 12.5. The highest BCUT2D eigenvalue weighted by molar-refractivity contribution is 5.93. The van der Waals surface area contributed by atoms with Gasteiger partial charge in [0.05, 0.1) is 6.54 Å². The second kappa shape index (κ2) is 9.31. The molecule has 6 heteroatoms. The van der Waals surface area contributed by atoms with Gasteiger partial charge in [0.1, 0.15) is 5.82 Å². The van der Waals surface area contributed by atoms with Crippen LogP contribution in [0.1, 0.15) is 12.5 Å². The Kier molecular flexibility index (Phi) is 6.57. The van der Waals surface area contributed by atoms with E-state index in [0.717, 1.165) is 56.3 Å². The molecular weight excluding hydrogens is 326 g/mol. The van der Waals surface area contributed by atoms with Gasteiger partial charge < -0.3 is 15.5 Å². The molecule has 2 heterocycles. The van der Waals surface area contributed by atoms with Crippen molar-refractivity contribution in [3.05, 3.63) is 54.2 Å². The topological polar surface area (TPSA) is 60.5 Å². The number of nitrogens with zero attached hydrogens (tertiary/aromatic N) is 3. The molecular formula is C20H27N5O. The van der Waals surface area contributed by atoms with Gasteiger partial charge in [-0.2, -0.15) is 0 Å². The summed E-state index contributed by atoms with van der Waals surface area (Å²) in [6.07, 6.45) is 1.82. The van der Waals surface area contributed by atoms with Crippen molar-refractivity contribution < 1.29 is 4.79 Å². The number of rotatable bonds is 7. The monoisotopic (exact) mass is 353 g/mol. The quantitative estimate of drug-likeness (QED) is 0.797. The second-order valence-corrected chi connectivity index (χ2v) is 6.44. The Morgan fingerprint density at radius 2 is 1.85 bits per heavy atom. The SMILES string of the molecule is CCNCc1ccccc1NC(=O)CN1CCN(c2ccccn2)CC1. The van der Waals surface area contributed by atoms with Crippen molar-refractivity contribution in [1.82, 2.24) is 15.2 Å². The Labute approximate surface area is 155 Å². The van der Waals surface area contributed by atoms with Gasteiger partial charge in [0.15, 0.2) is 0 Å². The first-order valence-electron chi connectivity index (χ1n) is 9.23. The van der Waals surface area contributed by atoms with Gasteiger partial charge in [-0.15, -0.1) is 0 Å². The van der Waals surface area contributed by atoms with Crippen molar-refractivity contribution in [3.8, 4) is 0 Å². The molecule has 0 bridgehead atoms. The summed E-state index contributed by atoms with van der Waals surface area (Å²) in [5.74, 6) is 1.05. The molecule has 138 valence electrons. The van der Waals surface area contributed by atoms with Crippen LogP contribution in [-0.2, 0) is 11.3 Å². The summed E-state index contributed by atoms with van der Waals surface area (Å²) in [4.78, 5) is 21.3. The van der Waals surface area contributed by atoms with E-state index in [2.05, 4.69) is 32.3 Å². The number of hydrogen-bond donors (Lipinski definition) is 2. The average molecular weight is 353 g/mol. The van der Waals surface area contributed by atoms with Crippen LogP contribution >= 0.6 is 0 Å². The molecule has 0 unspecified atom stereocenters. The number of nitrogens with one attached hydrogen (secondary N) is 2. The van der Waals surface area contributed by atoms with Crippen molar-refractivity contribution in [2.75, 3.05) is 49.5 Å². The van der Waals surface area contributed by atoms with Gasteiger partial charge in [0.2, 0.25) is 5.91 Å². The number of hydrogen-bond acceptors (Lipinski definition) is 5. The maximum atomic E-state index is 12.5. The van der Waals surface area contributed by atoms with Crippen LogP contribution in [0.2, 0.25) is 0 Å². The number of aromatic nitrogens is 1. The third-order valence-corrected chi connectivity index (χ3v) is 4.57. The molecule has 1 aromatic heterocycles. The van der Waals surface area contributed by atoms with Gasteiger partial charge in [-0.1, -0.05) is 31.2 Å². The van der Waals surface area contributed by atoms with Crippen LogP contribution in [0, 0.1) is 0 Å². The highest BCUT2D eigenvalue weighted by atomic mass is 16.2. The van der Waals surface area contributed by atoms with E-state index >= 15 is 0 Å². The lowest BCUT2D eigenvalue weighted by Gasteiger charge is -2.35. The fourth-order valence-corrected chi connectivity index (χ4v) is 3.12. The number of carbonyl (C=O) groups excluding carboxylic acids is 1. The van der Waals surface area contributed by atoms with E-state index in [1.165, 1.54) is 0 Å². The van der Waals surface area contributed by atoms with Crippen molar-refractivity contribution in [2.24, 2.45) is 0 Å². The zero-order chi connectivity index (χ0) is 18.2. The molecule has 1 fully saturated rings. The van der Waals surface area contributed by atoms with Crippen LogP contribution < -0.4 is 15.5 Å². The Morgan fingerprint density at radius 1 is 1.08 bits per heavy atom.